The summed E-state index contributed by atoms with van der Waals surface area (Å²) in [6, 6.07) is 33.2. The Kier molecular flexibility index (Phi) is 10.8. The molecule has 0 fully saturated rings. The van der Waals surface area contributed by atoms with Crippen molar-refractivity contribution in [3.8, 4) is 0 Å². The topological polar surface area (TPSA) is 0 Å². The number of allylic oxidation sites excluding steroid dienone is 4. The third-order valence-corrected chi connectivity index (χ3v) is 9.03. The second kappa shape index (κ2) is 11.9. The molecule has 3 aromatic carbocycles. The normalized spacial score (nSPS) is 13.5. The molecule has 0 heterocycles. The Morgan fingerprint density at radius 1 is 0.625 bits per heavy atom. The van der Waals surface area contributed by atoms with Gasteiger partial charge in [-0.2, -0.15) is 0 Å². The van der Waals surface area contributed by atoms with Crippen LogP contribution in [0.3, 0.4) is 0 Å². The van der Waals surface area contributed by atoms with Gasteiger partial charge in [0.1, 0.15) is 0 Å². The molecule has 0 nitrogen and oxygen atoms in total. The van der Waals surface area contributed by atoms with Gasteiger partial charge in [0.15, 0.2) is 0 Å². The zero-order valence-electron chi connectivity index (χ0n) is 18.6. The third-order valence-electron chi connectivity index (χ3n) is 5.86. The fourth-order valence-corrected chi connectivity index (χ4v) is 9.03. The Labute approximate surface area is 224 Å². The number of halogens is 3. The average Bonchev–Trinajstić information content (AvgIpc) is 3.13. The van der Waals surface area contributed by atoms with Gasteiger partial charge in [0.05, 0.1) is 0 Å². The predicted octanol–water partition coefficient (Wildman–Crippen LogP) is -1.96. The number of hydrogen-bond acceptors (Lipinski definition) is 0. The summed E-state index contributed by atoms with van der Waals surface area (Å²) in [6.07, 6.45) is 3.57. The summed E-state index contributed by atoms with van der Waals surface area (Å²) in [5.41, 5.74) is 5.23. The number of rotatable bonds is 5. The second-order valence-corrected chi connectivity index (χ2v) is 14.7. The van der Waals surface area contributed by atoms with Crippen LogP contribution < -0.4 is 37.2 Å². The van der Waals surface area contributed by atoms with E-state index in [0.717, 1.165) is 6.42 Å². The molecule has 0 saturated carbocycles. The van der Waals surface area contributed by atoms with Crippen LogP contribution >= 0.6 is 0 Å². The molecule has 0 amide bonds. The molecule has 0 unspecified atom stereocenters. The summed E-state index contributed by atoms with van der Waals surface area (Å²) >= 11 is 2.34. The van der Waals surface area contributed by atoms with Crippen molar-refractivity contribution in [2.24, 2.45) is 0 Å². The molecule has 4 rings (SSSR count). The Morgan fingerprint density at radius 2 is 0.969 bits per heavy atom. The van der Waals surface area contributed by atoms with Crippen LogP contribution in [0, 0.1) is 0 Å². The van der Waals surface area contributed by atoms with Crippen molar-refractivity contribution in [1.29, 1.82) is 0 Å². The number of hydrogen-bond donors (Lipinski definition) is 0. The van der Waals surface area contributed by atoms with E-state index in [4.69, 9.17) is 0 Å². The second-order valence-electron chi connectivity index (χ2n) is 8.77. The minimum absolute atomic E-state index is 0. The van der Waals surface area contributed by atoms with Crippen molar-refractivity contribution in [3.63, 3.8) is 0 Å². The number of benzene rings is 3. The smallest absolute Gasteiger partial charge is 1.00 e. The molecule has 1 aliphatic rings. The fraction of sp³-hybridized carbons (Fsp3) is 0.185. The van der Waals surface area contributed by atoms with Crippen molar-refractivity contribution in [2.75, 3.05) is 0 Å². The Hall–Kier alpha value is -1.06. The first-order valence-electron chi connectivity index (χ1n) is 10.3. The SMILES string of the molecule is C[Si](C)(C)C1=[C]([Ti+3])CC=C1C(c1ccccc1)(c1ccccc1)c1ccccc1.[Cl-].[Cl-].[Cl-]. The monoisotopic (exact) mass is 532 g/mol. The van der Waals surface area contributed by atoms with Gasteiger partial charge < -0.3 is 37.2 Å². The quantitative estimate of drug-likeness (QED) is 0.264. The van der Waals surface area contributed by atoms with E-state index in [9.17, 15) is 0 Å². The molecule has 1 aliphatic carbocycles. The molecule has 0 bridgehead atoms. The van der Waals surface area contributed by atoms with Gasteiger partial charge >= 0.3 is 188 Å². The summed E-state index contributed by atoms with van der Waals surface area (Å²) in [5, 5.41) is 1.63. The van der Waals surface area contributed by atoms with Crippen molar-refractivity contribution in [3.05, 3.63) is 128 Å². The average molecular weight is 534 g/mol. The Morgan fingerprint density at radius 3 is 1.28 bits per heavy atom. The van der Waals surface area contributed by atoms with Crippen LogP contribution in [0.4, 0.5) is 0 Å². The summed E-state index contributed by atoms with van der Waals surface area (Å²) in [7, 11) is -1.55. The first-order valence-corrected chi connectivity index (χ1v) is 14.6. The van der Waals surface area contributed by atoms with Crippen LogP contribution in [-0.4, -0.2) is 8.07 Å². The zero-order valence-corrected chi connectivity index (χ0v) is 23.4. The summed E-state index contributed by atoms with van der Waals surface area (Å²) in [5.74, 6) is 0. The molecule has 0 aromatic heterocycles. The summed E-state index contributed by atoms with van der Waals surface area (Å²) < 4.78 is 1.55. The van der Waals surface area contributed by atoms with Gasteiger partial charge in [-0.1, -0.05) is 0 Å². The first-order chi connectivity index (χ1) is 14.0. The van der Waals surface area contributed by atoms with Crippen LogP contribution in [0.15, 0.2) is 112 Å². The van der Waals surface area contributed by atoms with Crippen molar-refractivity contribution < 1.29 is 57.7 Å². The molecule has 0 atom stereocenters. The van der Waals surface area contributed by atoms with E-state index in [1.807, 2.05) is 0 Å². The molecule has 164 valence electrons. The van der Waals surface area contributed by atoms with Crippen LogP contribution in [-0.2, 0) is 25.9 Å². The van der Waals surface area contributed by atoms with Crippen molar-refractivity contribution in [1.82, 2.24) is 0 Å². The minimum Gasteiger partial charge on any atom is -1.00 e. The maximum Gasteiger partial charge on any atom is -1.00 e. The van der Waals surface area contributed by atoms with E-state index >= 15 is 0 Å². The molecule has 0 N–H and O–H groups in total. The largest absolute Gasteiger partial charge is 1.00 e. The van der Waals surface area contributed by atoms with E-state index < -0.39 is 8.07 Å². The van der Waals surface area contributed by atoms with E-state index in [2.05, 4.69) is 137 Å². The molecule has 3 aromatic rings. The van der Waals surface area contributed by atoms with E-state index in [1.54, 1.807) is 9.07 Å². The third kappa shape index (κ3) is 5.20. The summed E-state index contributed by atoms with van der Waals surface area (Å²) in [4.78, 5) is 0. The van der Waals surface area contributed by atoms with Gasteiger partial charge in [0.2, 0.25) is 0 Å². The van der Waals surface area contributed by atoms with E-state index in [1.165, 1.54) is 22.3 Å². The van der Waals surface area contributed by atoms with Crippen LogP contribution in [0.1, 0.15) is 23.1 Å². The zero-order chi connectivity index (χ0) is 20.5. The van der Waals surface area contributed by atoms with Gasteiger partial charge in [-0.25, -0.2) is 0 Å². The molecule has 0 spiro atoms. The first kappa shape index (κ1) is 29.0. The van der Waals surface area contributed by atoms with E-state index in [0.29, 0.717) is 0 Å². The van der Waals surface area contributed by atoms with Gasteiger partial charge in [-0.15, -0.1) is 0 Å². The van der Waals surface area contributed by atoms with Crippen molar-refractivity contribution >= 4 is 8.07 Å². The molecule has 0 aliphatic heterocycles. The fourth-order valence-electron chi connectivity index (χ4n) is 4.80. The van der Waals surface area contributed by atoms with Crippen molar-refractivity contribution in [2.45, 2.75) is 31.5 Å². The summed E-state index contributed by atoms with van der Waals surface area (Å²) in [6.45, 7) is 7.45. The predicted molar refractivity (Wildman–Crippen MR) is 122 cm³/mol. The molecular weight excluding hydrogens is 507 g/mol. The molecule has 0 radical (unpaired) electrons. The molecular formula is C27H27Cl3SiTi. The van der Waals surface area contributed by atoms with Gasteiger partial charge in [-0.05, 0) is 0 Å². The van der Waals surface area contributed by atoms with Gasteiger partial charge in [0.25, 0.3) is 0 Å². The molecule has 32 heavy (non-hydrogen) atoms. The Bertz CT molecular complexity index is 960. The Balaban J connectivity index is 0.00000171. The van der Waals surface area contributed by atoms with Gasteiger partial charge in [-0.3, -0.25) is 0 Å². The maximum atomic E-state index is 2.51. The minimum atomic E-state index is -1.55. The molecule has 0 saturated heterocycles. The standard InChI is InChI=1S/C27H27Si.3ClH.Ti/c1-28(2,3)26-21-13-20-25(26)27(22-14-7-4-8-15-22,23-16-9-5-10-17-23)24-18-11-6-12-19-24;;;;/h4-12,14-20H,13H2,1-3H3;3*1H;/q;;;;+3/p-3. The van der Waals surface area contributed by atoms with Gasteiger partial charge in [0, 0.05) is 0 Å². The van der Waals surface area contributed by atoms with Crippen LogP contribution in [0.5, 0.6) is 0 Å². The van der Waals surface area contributed by atoms with E-state index in [-0.39, 0.29) is 42.6 Å². The molecule has 5 heteroatoms. The van der Waals surface area contributed by atoms with Crippen LogP contribution in [0.25, 0.3) is 0 Å². The van der Waals surface area contributed by atoms with Crippen LogP contribution in [0.2, 0.25) is 19.6 Å². The maximum absolute atomic E-state index is 2.51.